The van der Waals surface area contributed by atoms with Crippen LogP contribution in [0.4, 0.5) is 11.5 Å². The molecule has 0 saturated heterocycles. The molecule has 11 heteroatoms. The second-order valence-corrected chi connectivity index (χ2v) is 5.78. The summed E-state index contributed by atoms with van der Waals surface area (Å²) in [6, 6.07) is 6.79. The van der Waals surface area contributed by atoms with Gasteiger partial charge in [-0.2, -0.15) is 0 Å². The largest absolute Gasteiger partial charge is 0.462 e. The molecule has 0 atom stereocenters. The minimum absolute atomic E-state index is 0.00948. The van der Waals surface area contributed by atoms with Gasteiger partial charge in [0.05, 0.1) is 18.1 Å². The summed E-state index contributed by atoms with van der Waals surface area (Å²) in [7, 11) is 0. The second kappa shape index (κ2) is 7.92. The standard InChI is InChI=1S/C18H17N5O6/c1-3-28-17(24)12-9-13(18(25)29-4-2)16-21-20-15(22(16)14(12)19)10-5-7-11(8-6-10)23(26)27/h5-9H,3-4,19H2,1-2H3. The fraction of sp³-hybridized carbons (Fsp3) is 0.222. The predicted molar refractivity (Wildman–Crippen MR) is 101 cm³/mol. The van der Waals surface area contributed by atoms with Crippen molar-refractivity contribution >= 4 is 29.1 Å². The molecule has 1 aromatic carbocycles. The number of non-ortho nitro benzene ring substituents is 1. The predicted octanol–water partition coefficient (Wildman–Crippen LogP) is 2.24. The van der Waals surface area contributed by atoms with Gasteiger partial charge < -0.3 is 15.2 Å². The summed E-state index contributed by atoms with van der Waals surface area (Å²) in [5, 5.41) is 18.9. The van der Waals surface area contributed by atoms with Crippen LogP contribution < -0.4 is 5.73 Å². The maximum Gasteiger partial charge on any atom is 0.342 e. The summed E-state index contributed by atoms with van der Waals surface area (Å²) in [5.41, 5.74) is 6.55. The van der Waals surface area contributed by atoms with Crippen molar-refractivity contribution in [2.75, 3.05) is 18.9 Å². The lowest BCUT2D eigenvalue weighted by molar-refractivity contribution is -0.384. The Labute approximate surface area is 164 Å². The van der Waals surface area contributed by atoms with Crippen molar-refractivity contribution in [2.24, 2.45) is 0 Å². The molecule has 2 N–H and O–H groups in total. The first-order chi connectivity index (χ1) is 13.9. The Morgan fingerprint density at radius 3 is 2.21 bits per heavy atom. The molecule has 3 rings (SSSR count). The lowest BCUT2D eigenvalue weighted by Gasteiger charge is -2.12. The van der Waals surface area contributed by atoms with E-state index < -0.39 is 16.9 Å². The number of nitro benzene ring substituents is 1. The first kappa shape index (κ1) is 19.7. The van der Waals surface area contributed by atoms with Crippen LogP contribution in [0.15, 0.2) is 30.3 Å². The van der Waals surface area contributed by atoms with E-state index in [9.17, 15) is 19.7 Å². The van der Waals surface area contributed by atoms with E-state index in [1.54, 1.807) is 13.8 Å². The molecular formula is C18H17N5O6. The molecule has 0 bridgehead atoms. The van der Waals surface area contributed by atoms with Crippen LogP contribution >= 0.6 is 0 Å². The molecule has 0 spiro atoms. The summed E-state index contributed by atoms with van der Waals surface area (Å²) in [5.74, 6) is -1.26. The highest BCUT2D eigenvalue weighted by molar-refractivity contribution is 6.02. The fourth-order valence-electron chi connectivity index (χ4n) is 2.74. The van der Waals surface area contributed by atoms with Crippen LogP contribution in [0.5, 0.6) is 0 Å². The van der Waals surface area contributed by atoms with Crippen molar-refractivity contribution in [3.05, 3.63) is 51.6 Å². The number of nitrogens with two attached hydrogens (primary N) is 1. The van der Waals surface area contributed by atoms with E-state index in [0.717, 1.165) is 0 Å². The highest BCUT2D eigenvalue weighted by Crippen LogP contribution is 2.28. The van der Waals surface area contributed by atoms with Crippen LogP contribution in [-0.2, 0) is 9.47 Å². The minimum Gasteiger partial charge on any atom is -0.462 e. The third kappa shape index (κ3) is 3.57. The van der Waals surface area contributed by atoms with Crippen LogP contribution in [-0.4, -0.2) is 44.7 Å². The van der Waals surface area contributed by atoms with Crippen LogP contribution in [0, 0.1) is 10.1 Å². The Hall–Kier alpha value is -4.02. The number of carbonyl (C=O) groups excluding carboxylic acids is 2. The van der Waals surface area contributed by atoms with Crippen LogP contribution in [0.2, 0.25) is 0 Å². The van der Waals surface area contributed by atoms with Gasteiger partial charge in [0.25, 0.3) is 5.69 Å². The SMILES string of the molecule is CCOC(=O)c1cc(C(=O)OCC)c2nnc(-c3ccc([N+](=O)[O-])cc3)n2c1N. The first-order valence-electron chi connectivity index (χ1n) is 8.65. The lowest BCUT2D eigenvalue weighted by Crippen LogP contribution is -2.16. The Kier molecular flexibility index (Phi) is 5.39. The maximum atomic E-state index is 12.4. The minimum atomic E-state index is -0.721. The third-order valence-electron chi connectivity index (χ3n) is 4.04. The molecule has 2 heterocycles. The molecule has 2 aromatic heterocycles. The zero-order valence-electron chi connectivity index (χ0n) is 15.6. The van der Waals surface area contributed by atoms with E-state index in [4.69, 9.17) is 15.2 Å². The summed E-state index contributed by atoms with van der Waals surface area (Å²) < 4.78 is 11.4. The van der Waals surface area contributed by atoms with Crippen molar-refractivity contribution in [3.63, 3.8) is 0 Å². The highest BCUT2D eigenvalue weighted by atomic mass is 16.6. The van der Waals surface area contributed by atoms with Crippen LogP contribution in [0.25, 0.3) is 17.0 Å². The monoisotopic (exact) mass is 399 g/mol. The summed E-state index contributed by atoms with van der Waals surface area (Å²) in [6.45, 7) is 3.51. The fourth-order valence-corrected chi connectivity index (χ4v) is 2.74. The van der Waals surface area contributed by atoms with E-state index in [1.807, 2.05) is 0 Å². The number of rotatable bonds is 6. The quantitative estimate of drug-likeness (QED) is 0.373. The molecule has 29 heavy (non-hydrogen) atoms. The molecule has 0 unspecified atom stereocenters. The molecule has 0 fully saturated rings. The number of esters is 2. The van der Waals surface area contributed by atoms with Gasteiger partial charge in [0.1, 0.15) is 16.9 Å². The van der Waals surface area contributed by atoms with Crippen molar-refractivity contribution in [2.45, 2.75) is 13.8 Å². The molecule has 0 radical (unpaired) electrons. The number of aromatic nitrogens is 3. The summed E-state index contributed by atoms with van der Waals surface area (Å²) in [4.78, 5) is 35.1. The number of pyridine rings is 1. The number of benzene rings is 1. The van der Waals surface area contributed by atoms with Gasteiger partial charge in [-0.1, -0.05) is 0 Å². The molecule has 0 aliphatic rings. The van der Waals surface area contributed by atoms with E-state index in [2.05, 4.69) is 10.2 Å². The Morgan fingerprint density at radius 1 is 1.07 bits per heavy atom. The van der Waals surface area contributed by atoms with Gasteiger partial charge >= 0.3 is 11.9 Å². The van der Waals surface area contributed by atoms with Gasteiger partial charge in [-0.15, -0.1) is 10.2 Å². The van der Waals surface area contributed by atoms with Crippen molar-refractivity contribution < 1.29 is 24.0 Å². The number of carbonyl (C=O) groups is 2. The van der Waals surface area contributed by atoms with Gasteiger partial charge in [0.15, 0.2) is 11.5 Å². The summed E-state index contributed by atoms with van der Waals surface area (Å²) >= 11 is 0. The average molecular weight is 399 g/mol. The number of ether oxygens (including phenoxy) is 2. The van der Waals surface area contributed by atoms with Gasteiger partial charge in [-0.3, -0.25) is 14.5 Å². The third-order valence-corrected chi connectivity index (χ3v) is 4.04. The molecular weight excluding hydrogens is 382 g/mol. The molecule has 3 aromatic rings. The van der Waals surface area contributed by atoms with E-state index in [-0.39, 0.29) is 47.3 Å². The molecule has 0 aliphatic carbocycles. The van der Waals surface area contributed by atoms with Crippen molar-refractivity contribution in [1.82, 2.24) is 14.6 Å². The van der Waals surface area contributed by atoms with E-state index in [1.165, 1.54) is 34.7 Å². The Balaban J connectivity index is 2.26. The topological polar surface area (TPSA) is 152 Å². The smallest absolute Gasteiger partial charge is 0.342 e. The number of anilines is 1. The average Bonchev–Trinajstić information content (AvgIpc) is 3.14. The molecule has 150 valence electrons. The highest BCUT2D eigenvalue weighted by Gasteiger charge is 2.25. The number of nitro groups is 1. The van der Waals surface area contributed by atoms with Gasteiger partial charge in [-0.25, -0.2) is 9.59 Å². The van der Waals surface area contributed by atoms with Gasteiger partial charge in [0, 0.05) is 17.7 Å². The number of hydrogen-bond acceptors (Lipinski definition) is 9. The van der Waals surface area contributed by atoms with Gasteiger partial charge in [0.2, 0.25) is 0 Å². The second-order valence-electron chi connectivity index (χ2n) is 5.78. The molecule has 11 nitrogen and oxygen atoms in total. The Bertz CT molecular complexity index is 1110. The molecule has 0 amide bonds. The first-order valence-corrected chi connectivity index (χ1v) is 8.65. The van der Waals surface area contributed by atoms with Crippen LogP contribution in [0.1, 0.15) is 34.6 Å². The number of fused-ring (bicyclic) bond motifs is 1. The van der Waals surface area contributed by atoms with E-state index >= 15 is 0 Å². The number of hydrogen-bond donors (Lipinski definition) is 1. The lowest BCUT2D eigenvalue weighted by atomic mass is 10.1. The normalized spacial score (nSPS) is 10.7. The number of nitrogens with zero attached hydrogens (tertiary/aromatic N) is 4. The van der Waals surface area contributed by atoms with Crippen molar-refractivity contribution in [1.29, 1.82) is 0 Å². The number of nitrogen functional groups attached to an aromatic ring is 1. The summed E-state index contributed by atoms with van der Waals surface area (Å²) in [6.07, 6.45) is 0. The molecule has 0 aliphatic heterocycles. The zero-order valence-corrected chi connectivity index (χ0v) is 15.6. The maximum absolute atomic E-state index is 12.4. The van der Waals surface area contributed by atoms with Crippen molar-refractivity contribution in [3.8, 4) is 11.4 Å². The Morgan fingerprint density at radius 2 is 1.66 bits per heavy atom. The van der Waals surface area contributed by atoms with Crippen LogP contribution in [0.3, 0.4) is 0 Å². The van der Waals surface area contributed by atoms with E-state index in [0.29, 0.717) is 5.56 Å². The zero-order chi connectivity index (χ0) is 21.1. The molecule has 0 saturated carbocycles. The van der Waals surface area contributed by atoms with Gasteiger partial charge in [-0.05, 0) is 32.0 Å².